The number of aromatic nitrogens is 1. The Morgan fingerprint density at radius 3 is 2.46 bits per heavy atom. The predicted molar refractivity (Wildman–Crippen MR) is 105 cm³/mol. The number of benzene rings is 2. The number of anilines is 1. The molecule has 1 unspecified atom stereocenters. The summed E-state index contributed by atoms with van der Waals surface area (Å²) in [4.78, 5) is 29.6. The van der Waals surface area contributed by atoms with E-state index in [1.807, 2.05) is 30.3 Å². The number of amides is 2. The van der Waals surface area contributed by atoms with Gasteiger partial charge in [-0.15, -0.1) is 0 Å². The molecular formula is C19H16ClN3O2S. The summed E-state index contributed by atoms with van der Waals surface area (Å²) < 4.78 is 0. The van der Waals surface area contributed by atoms with Gasteiger partial charge in [-0.1, -0.05) is 53.3 Å². The van der Waals surface area contributed by atoms with Crippen LogP contribution in [0.2, 0.25) is 5.02 Å². The van der Waals surface area contributed by atoms with Gasteiger partial charge in [0.15, 0.2) is 5.13 Å². The maximum atomic E-state index is 12.3. The minimum atomic E-state index is -0.706. The van der Waals surface area contributed by atoms with Crippen LogP contribution in [0.25, 0.3) is 10.4 Å². The van der Waals surface area contributed by atoms with E-state index in [-0.39, 0.29) is 11.8 Å². The standard InChI is InChI=1S/C19H16ClN3O2S/c1-12(22-18(25)14-7-9-15(20)10-8-14)17(24)23-19-21-11-16(26-19)13-5-3-2-4-6-13/h2-12H,1H3,(H,22,25)(H,21,23,24). The highest BCUT2D eigenvalue weighted by Crippen LogP contribution is 2.28. The van der Waals surface area contributed by atoms with E-state index in [4.69, 9.17) is 11.6 Å². The fourth-order valence-electron chi connectivity index (χ4n) is 2.23. The highest BCUT2D eigenvalue weighted by molar-refractivity contribution is 7.19. The van der Waals surface area contributed by atoms with Gasteiger partial charge < -0.3 is 10.6 Å². The van der Waals surface area contributed by atoms with Gasteiger partial charge in [0.25, 0.3) is 5.91 Å². The summed E-state index contributed by atoms with van der Waals surface area (Å²) in [5.74, 6) is -0.672. The van der Waals surface area contributed by atoms with Crippen LogP contribution in [-0.4, -0.2) is 22.8 Å². The third-order valence-corrected chi connectivity index (χ3v) is 4.86. The molecule has 0 fully saturated rings. The van der Waals surface area contributed by atoms with Gasteiger partial charge >= 0.3 is 0 Å². The van der Waals surface area contributed by atoms with E-state index < -0.39 is 6.04 Å². The molecule has 2 amide bonds. The number of nitrogens with one attached hydrogen (secondary N) is 2. The number of carbonyl (C=O) groups excluding carboxylic acids is 2. The molecule has 0 radical (unpaired) electrons. The minimum absolute atomic E-state index is 0.332. The average molecular weight is 386 g/mol. The average Bonchev–Trinajstić information content (AvgIpc) is 3.11. The van der Waals surface area contributed by atoms with Crippen molar-refractivity contribution in [1.29, 1.82) is 0 Å². The lowest BCUT2D eigenvalue weighted by Gasteiger charge is -2.13. The summed E-state index contributed by atoms with van der Waals surface area (Å²) in [5, 5.41) is 6.42. The summed E-state index contributed by atoms with van der Waals surface area (Å²) in [6, 6.07) is 15.6. The predicted octanol–water partition coefficient (Wildman–Crippen LogP) is 4.22. The lowest BCUT2D eigenvalue weighted by molar-refractivity contribution is -0.117. The molecule has 132 valence electrons. The highest BCUT2D eigenvalue weighted by atomic mass is 35.5. The third kappa shape index (κ3) is 4.47. The molecule has 0 spiro atoms. The zero-order valence-corrected chi connectivity index (χ0v) is 15.5. The number of hydrogen-bond acceptors (Lipinski definition) is 4. The molecule has 5 nitrogen and oxygen atoms in total. The maximum Gasteiger partial charge on any atom is 0.251 e. The first-order valence-corrected chi connectivity index (χ1v) is 9.11. The molecule has 0 aliphatic heterocycles. The van der Waals surface area contributed by atoms with Crippen molar-refractivity contribution in [2.75, 3.05) is 5.32 Å². The fourth-order valence-corrected chi connectivity index (χ4v) is 3.18. The van der Waals surface area contributed by atoms with Crippen LogP contribution in [0, 0.1) is 0 Å². The lowest BCUT2D eigenvalue weighted by Crippen LogP contribution is -2.41. The quantitative estimate of drug-likeness (QED) is 0.690. The van der Waals surface area contributed by atoms with Crippen LogP contribution >= 0.6 is 22.9 Å². The van der Waals surface area contributed by atoms with Gasteiger partial charge in [0.05, 0.1) is 4.88 Å². The van der Waals surface area contributed by atoms with Gasteiger partial charge in [-0.3, -0.25) is 9.59 Å². The summed E-state index contributed by atoms with van der Waals surface area (Å²) in [6.07, 6.45) is 1.71. The second kappa shape index (κ2) is 8.12. The second-order valence-electron chi connectivity index (χ2n) is 5.59. The molecule has 7 heteroatoms. The van der Waals surface area contributed by atoms with E-state index in [1.165, 1.54) is 11.3 Å². The molecule has 26 heavy (non-hydrogen) atoms. The minimum Gasteiger partial charge on any atom is -0.341 e. The van der Waals surface area contributed by atoms with E-state index >= 15 is 0 Å². The second-order valence-corrected chi connectivity index (χ2v) is 7.05. The van der Waals surface area contributed by atoms with Crippen molar-refractivity contribution in [3.8, 4) is 10.4 Å². The molecule has 2 aromatic carbocycles. The molecule has 0 saturated heterocycles. The number of carbonyl (C=O) groups is 2. The largest absolute Gasteiger partial charge is 0.341 e. The molecule has 1 aromatic heterocycles. The van der Waals surface area contributed by atoms with E-state index in [0.717, 1.165) is 10.4 Å². The van der Waals surface area contributed by atoms with Crippen molar-refractivity contribution < 1.29 is 9.59 Å². The Kier molecular flexibility index (Phi) is 5.65. The number of thiazole rings is 1. The number of rotatable bonds is 5. The molecule has 0 saturated carbocycles. The van der Waals surface area contributed by atoms with E-state index in [9.17, 15) is 9.59 Å². The van der Waals surface area contributed by atoms with Gasteiger partial charge in [0.1, 0.15) is 6.04 Å². The Balaban J connectivity index is 1.60. The molecule has 0 aliphatic rings. The first-order valence-electron chi connectivity index (χ1n) is 7.91. The Bertz CT molecular complexity index is 910. The number of hydrogen-bond donors (Lipinski definition) is 2. The van der Waals surface area contributed by atoms with Crippen molar-refractivity contribution >= 4 is 39.9 Å². The molecule has 1 heterocycles. The lowest BCUT2D eigenvalue weighted by atomic mass is 10.2. The summed E-state index contributed by atoms with van der Waals surface area (Å²) in [7, 11) is 0. The van der Waals surface area contributed by atoms with Crippen molar-refractivity contribution in [1.82, 2.24) is 10.3 Å². The van der Waals surface area contributed by atoms with Gasteiger partial charge in [-0.05, 0) is 36.8 Å². The van der Waals surface area contributed by atoms with Gasteiger partial charge in [-0.25, -0.2) is 4.98 Å². The van der Waals surface area contributed by atoms with Crippen LogP contribution in [0.15, 0.2) is 60.8 Å². The van der Waals surface area contributed by atoms with E-state index in [0.29, 0.717) is 15.7 Å². The van der Waals surface area contributed by atoms with E-state index in [2.05, 4.69) is 15.6 Å². The molecule has 0 bridgehead atoms. The van der Waals surface area contributed by atoms with E-state index in [1.54, 1.807) is 37.4 Å². The zero-order chi connectivity index (χ0) is 18.5. The molecule has 0 aliphatic carbocycles. The van der Waals surface area contributed by atoms with Crippen molar-refractivity contribution in [2.24, 2.45) is 0 Å². The Morgan fingerprint density at radius 2 is 1.77 bits per heavy atom. The Hall–Kier alpha value is -2.70. The zero-order valence-electron chi connectivity index (χ0n) is 13.9. The molecule has 2 N–H and O–H groups in total. The van der Waals surface area contributed by atoms with Crippen LogP contribution in [0.3, 0.4) is 0 Å². The van der Waals surface area contributed by atoms with Crippen molar-refractivity contribution in [3.63, 3.8) is 0 Å². The molecule has 1 atom stereocenters. The van der Waals surface area contributed by atoms with Gasteiger partial charge in [-0.2, -0.15) is 0 Å². The van der Waals surface area contributed by atoms with Gasteiger partial charge in [0, 0.05) is 16.8 Å². The fraction of sp³-hybridized carbons (Fsp3) is 0.105. The van der Waals surface area contributed by atoms with Crippen LogP contribution < -0.4 is 10.6 Å². The van der Waals surface area contributed by atoms with Crippen LogP contribution in [0.4, 0.5) is 5.13 Å². The Labute approximate surface area is 160 Å². The summed E-state index contributed by atoms with van der Waals surface area (Å²) in [5.41, 5.74) is 1.48. The molecular weight excluding hydrogens is 370 g/mol. The maximum absolute atomic E-state index is 12.3. The van der Waals surface area contributed by atoms with Crippen LogP contribution in [0.1, 0.15) is 17.3 Å². The molecule has 3 rings (SSSR count). The number of nitrogens with zero attached hydrogens (tertiary/aromatic N) is 1. The monoisotopic (exact) mass is 385 g/mol. The van der Waals surface area contributed by atoms with Crippen LogP contribution in [-0.2, 0) is 4.79 Å². The Morgan fingerprint density at radius 1 is 1.08 bits per heavy atom. The normalized spacial score (nSPS) is 11.6. The number of halogens is 1. The van der Waals surface area contributed by atoms with Crippen molar-refractivity contribution in [2.45, 2.75) is 13.0 Å². The first-order chi connectivity index (χ1) is 12.5. The van der Waals surface area contributed by atoms with Crippen LogP contribution in [0.5, 0.6) is 0 Å². The first kappa shape index (κ1) is 18.1. The topological polar surface area (TPSA) is 71.1 Å². The van der Waals surface area contributed by atoms with Gasteiger partial charge in [0.2, 0.25) is 5.91 Å². The van der Waals surface area contributed by atoms with Crippen molar-refractivity contribution in [3.05, 3.63) is 71.4 Å². The molecule has 3 aromatic rings. The summed E-state index contributed by atoms with van der Waals surface area (Å²) in [6.45, 7) is 1.62. The SMILES string of the molecule is CC(NC(=O)c1ccc(Cl)cc1)C(=O)Nc1ncc(-c2ccccc2)s1. The third-order valence-electron chi connectivity index (χ3n) is 3.64. The summed E-state index contributed by atoms with van der Waals surface area (Å²) >= 11 is 7.19. The smallest absolute Gasteiger partial charge is 0.251 e. The highest BCUT2D eigenvalue weighted by Gasteiger charge is 2.18.